The van der Waals surface area contributed by atoms with Crippen LogP contribution in [-0.2, 0) is 4.74 Å². The Morgan fingerprint density at radius 2 is 1.74 bits per heavy atom. The molecule has 2 heterocycles. The van der Waals surface area contributed by atoms with Gasteiger partial charge in [0, 0.05) is 0 Å². The second-order valence-corrected chi connectivity index (χ2v) is 8.58. The summed E-state index contributed by atoms with van der Waals surface area (Å²) in [6, 6.07) is 0. The van der Waals surface area contributed by atoms with Gasteiger partial charge in [0.05, 0.1) is 22.9 Å². The first-order valence-corrected chi connectivity index (χ1v) is 9.03. The van der Waals surface area contributed by atoms with E-state index in [1.165, 1.54) is 0 Å². The molecule has 0 amide bonds. The van der Waals surface area contributed by atoms with Crippen LogP contribution in [0.3, 0.4) is 0 Å². The lowest BCUT2D eigenvalue weighted by molar-refractivity contribution is -0.114. The number of ether oxygens (including phenoxy) is 1. The van der Waals surface area contributed by atoms with E-state index in [0.717, 1.165) is 19.3 Å². The van der Waals surface area contributed by atoms with Crippen LogP contribution in [0.25, 0.3) is 0 Å². The lowest BCUT2D eigenvalue weighted by Gasteiger charge is -2.33. The van der Waals surface area contributed by atoms with E-state index in [-0.39, 0.29) is 11.7 Å². The van der Waals surface area contributed by atoms with Gasteiger partial charge in [0.1, 0.15) is 0 Å². The topological polar surface area (TPSA) is 49.7 Å². The number of aliphatic hydroxyl groups is 2. The van der Waals surface area contributed by atoms with E-state index in [9.17, 15) is 10.2 Å². The summed E-state index contributed by atoms with van der Waals surface area (Å²) >= 11 is 0. The van der Waals surface area contributed by atoms with Crippen LogP contribution in [0, 0.1) is 11.8 Å². The van der Waals surface area contributed by atoms with Crippen LogP contribution in [0.15, 0.2) is 24.3 Å². The molecule has 2 N–H and O–H groups in total. The Morgan fingerprint density at radius 1 is 1.04 bits per heavy atom. The lowest BCUT2D eigenvalue weighted by Crippen LogP contribution is -2.41. The van der Waals surface area contributed by atoms with Gasteiger partial charge in [0.25, 0.3) is 0 Å². The molecule has 0 aromatic heterocycles. The van der Waals surface area contributed by atoms with Crippen molar-refractivity contribution in [1.82, 2.24) is 0 Å². The average molecular weight is 322 g/mol. The largest absolute Gasteiger partial charge is 0.387 e. The van der Waals surface area contributed by atoms with Gasteiger partial charge in [-0.15, -0.1) is 0 Å². The maximum absolute atomic E-state index is 10.9. The third-order valence-corrected chi connectivity index (χ3v) is 5.55. The molecule has 1 saturated heterocycles. The zero-order chi connectivity index (χ0) is 17.3. The highest BCUT2D eigenvalue weighted by molar-refractivity contribution is 5.11. The minimum absolute atomic E-state index is 0.116. The van der Waals surface area contributed by atoms with E-state index < -0.39 is 11.2 Å². The second kappa shape index (κ2) is 6.70. The Hall–Kier alpha value is -0.640. The third kappa shape index (κ3) is 4.91. The van der Waals surface area contributed by atoms with E-state index in [2.05, 4.69) is 32.9 Å². The van der Waals surface area contributed by atoms with Crippen LogP contribution in [-0.4, -0.2) is 33.1 Å². The van der Waals surface area contributed by atoms with Gasteiger partial charge < -0.3 is 14.9 Å². The fraction of sp³-hybridized carbons (Fsp3) is 0.800. The van der Waals surface area contributed by atoms with Gasteiger partial charge in [0.15, 0.2) is 0 Å². The Kier molecular flexibility index (Phi) is 5.44. The first kappa shape index (κ1) is 18.7. The summed E-state index contributed by atoms with van der Waals surface area (Å²) < 4.78 is 6.20. The maximum atomic E-state index is 10.9. The van der Waals surface area contributed by atoms with Crippen molar-refractivity contribution >= 4 is 0 Å². The van der Waals surface area contributed by atoms with Crippen LogP contribution >= 0.6 is 0 Å². The first-order chi connectivity index (χ1) is 10.5. The molecule has 0 aromatic carbocycles. The molecule has 0 radical (unpaired) electrons. The molecule has 0 spiro atoms. The third-order valence-electron chi connectivity index (χ3n) is 5.55. The number of hydrogen-bond acceptors (Lipinski definition) is 3. The van der Waals surface area contributed by atoms with Crippen molar-refractivity contribution < 1.29 is 14.9 Å². The number of allylic oxidation sites excluding steroid dienone is 1. The van der Waals surface area contributed by atoms with Crippen molar-refractivity contribution in [3.05, 3.63) is 24.3 Å². The quantitative estimate of drug-likeness (QED) is 0.718. The van der Waals surface area contributed by atoms with Crippen molar-refractivity contribution in [2.45, 2.75) is 89.6 Å². The lowest BCUT2D eigenvalue weighted by atomic mass is 9.82. The van der Waals surface area contributed by atoms with Crippen LogP contribution < -0.4 is 0 Å². The minimum Gasteiger partial charge on any atom is -0.387 e. The van der Waals surface area contributed by atoms with Crippen LogP contribution in [0.5, 0.6) is 0 Å². The van der Waals surface area contributed by atoms with E-state index in [4.69, 9.17) is 4.74 Å². The molecule has 1 fully saturated rings. The average Bonchev–Trinajstić information content (AvgIpc) is 2.80. The summed E-state index contributed by atoms with van der Waals surface area (Å²) in [5, 5.41) is 21.5. The molecular formula is C20H34O3. The molecule has 2 rings (SSSR count). The SMILES string of the molecule is CC(C)[C@H]1/C=C/[C@](C)(O)C/C=C\[C@@]2(C)CC[C@H](O2)[C@](C)(O)CC1. The van der Waals surface area contributed by atoms with Gasteiger partial charge in [-0.05, 0) is 64.7 Å². The zero-order valence-electron chi connectivity index (χ0n) is 15.4. The molecule has 132 valence electrons. The van der Waals surface area contributed by atoms with Crippen molar-refractivity contribution in [2.24, 2.45) is 11.8 Å². The fourth-order valence-corrected chi connectivity index (χ4v) is 3.64. The predicted octanol–water partition coefficient (Wildman–Crippen LogP) is 3.99. The second-order valence-electron chi connectivity index (χ2n) is 8.58. The summed E-state index contributed by atoms with van der Waals surface area (Å²) in [6.07, 6.45) is 12.0. The van der Waals surface area contributed by atoms with E-state index in [0.29, 0.717) is 24.7 Å². The molecule has 5 atom stereocenters. The summed E-state index contributed by atoms with van der Waals surface area (Å²) in [5.74, 6) is 0.832. The Labute approximate surface area is 141 Å². The Morgan fingerprint density at radius 3 is 2.39 bits per heavy atom. The number of rotatable bonds is 1. The predicted molar refractivity (Wildman–Crippen MR) is 94.2 cm³/mol. The van der Waals surface area contributed by atoms with Crippen LogP contribution in [0.1, 0.15) is 66.7 Å². The van der Waals surface area contributed by atoms with Gasteiger partial charge in [-0.25, -0.2) is 0 Å². The van der Waals surface area contributed by atoms with E-state index in [1.54, 1.807) is 0 Å². The Balaban J connectivity index is 2.27. The highest BCUT2D eigenvalue weighted by Gasteiger charge is 2.43. The van der Waals surface area contributed by atoms with Gasteiger partial charge in [-0.1, -0.05) is 38.2 Å². The molecule has 0 unspecified atom stereocenters. The highest BCUT2D eigenvalue weighted by atomic mass is 16.5. The van der Waals surface area contributed by atoms with Gasteiger partial charge in [-0.2, -0.15) is 0 Å². The number of hydrogen-bond donors (Lipinski definition) is 2. The van der Waals surface area contributed by atoms with Gasteiger partial charge >= 0.3 is 0 Å². The standard InChI is InChI=1S/C20H34O3/c1-15(2)16-7-12-18(3,21)10-6-11-19(4)13-9-17(23-19)20(5,22)14-8-16/h6-7,11-12,15-17,21-22H,8-10,13-14H2,1-5H3/b11-6-,12-7+/t16-,17-,18+,19-,20+/m0/s1. The monoisotopic (exact) mass is 322 g/mol. The van der Waals surface area contributed by atoms with Crippen LogP contribution in [0.2, 0.25) is 0 Å². The normalized spacial score (nSPS) is 48.3. The molecule has 3 heteroatoms. The van der Waals surface area contributed by atoms with Crippen molar-refractivity contribution in [3.8, 4) is 0 Å². The minimum atomic E-state index is -0.839. The molecule has 2 aliphatic rings. The highest BCUT2D eigenvalue weighted by Crippen LogP contribution is 2.39. The molecule has 0 aliphatic carbocycles. The summed E-state index contributed by atoms with van der Waals surface area (Å²) in [5.41, 5.74) is -1.97. The summed E-state index contributed by atoms with van der Waals surface area (Å²) in [7, 11) is 0. The smallest absolute Gasteiger partial charge is 0.0880 e. The number of fused-ring (bicyclic) bond motifs is 2. The van der Waals surface area contributed by atoms with Crippen LogP contribution in [0.4, 0.5) is 0 Å². The molecule has 23 heavy (non-hydrogen) atoms. The molecular weight excluding hydrogens is 288 g/mol. The van der Waals surface area contributed by atoms with E-state index >= 15 is 0 Å². The van der Waals surface area contributed by atoms with E-state index in [1.807, 2.05) is 26.0 Å². The summed E-state index contributed by atoms with van der Waals surface area (Å²) in [6.45, 7) is 10.2. The molecule has 0 aromatic rings. The fourth-order valence-electron chi connectivity index (χ4n) is 3.64. The summed E-state index contributed by atoms with van der Waals surface area (Å²) in [4.78, 5) is 0. The van der Waals surface area contributed by atoms with Gasteiger partial charge in [0.2, 0.25) is 0 Å². The molecule has 2 aliphatic heterocycles. The maximum Gasteiger partial charge on any atom is 0.0880 e. The molecule has 3 nitrogen and oxygen atoms in total. The van der Waals surface area contributed by atoms with Crippen molar-refractivity contribution in [1.29, 1.82) is 0 Å². The van der Waals surface area contributed by atoms with Gasteiger partial charge in [-0.3, -0.25) is 0 Å². The molecule has 2 bridgehead atoms. The van der Waals surface area contributed by atoms with Crippen molar-refractivity contribution in [2.75, 3.05) is 0 Å². The Bertz CT molecular complexity index is 462. The van der Waals surface area contributed by atoms with Crippen molar-refractivity contribution in [3.63, 3.8) is 0 Å². The zero-order valence-corrected chi connectivity index (χ0v) is 15.4. The first-order valence-electron chi connectivity index (χ1n) is 9.03. The molecule has 0 saturated carbocycles.